The molecule has 1 saturated heterocycles. The van der Waals surface area contributed by atoms with Crippen LogP contribution in [0.1, 0.15) is 32.6 Å². The van der Waals surface area contributed by atoms with Gasteiger partial charge in [0.25, 0.3) is 5.91 Å². The molecule has 144 valence electrons. The standard InChI is InChI=1S/C21H27N3O3/c1-2-26-18-8-10-19(11-9-18)27-16-21(25)23-20-12-7-17(15-22-20)24-13-5-3-4-6-14-24/h7-12,15H,2-6,13-14,16H2,1H3,(H,22,23,25). The number of hydrogen-bond acceptors (Lipinski definition) is 5. The lowest BCUT2D eigenvalue weighted by Gasteiger charge is -2.22. The van der Waals surface area contributed by atoms with Crippen molar-refractivity contribution >= 4 is 17.4 Å². The lowest BCUT2D eigenvalue weighted by atomic mass is 10.2. The van der Waals surface area contributed by atoms with E-state index in [-0.39, 0.29) is 12.5 Å². The number of carbonyl (C=O) groups is 1. The number of hydrogen-bond donors (Lipinski definition) is 1. The molecule has 3 rings (SSSR count). The molecule has 0 bridgehead atoms. The number of carbonyl (C=O) groups excluding carboxylic acids is 1. The van der Waals surface area contributed by atoms with Crippen molar-refractivity contribution in [3.05, 3.63) is 42.6 Å². The molecule has 1 aromatic heterocycles. The molecule has 1 N–H and O–H groups in total. The minimum absolute atomic E-state index is 0.0659. The van der Waals surface area contributed by atoms with Crippen LogP contribution in [0.3, 0.4) is 0 Å². The van der Waals surface area contributed by atoms with E-state index in [1.165, 1.54) is 25.7 Å². The van der Waals surface area contributed by atoms with Gasteiger partial charge < -0.3 is 19.7 Å². The Kier molecular flexibility index (Phi) is 6.90. The summed E-state index contributed by atoms with van der Waals surface area (Å²) in [5.41, 5.74) is 1.11. The van der Waals surface area contributed by atoms with Crippen molar-refractivity contribution in [1.29, 1.82) is 0 Å². The third-order valence-corrected chi connectivity index (χ3v) is 4.49. The van der Waals surface area contributed by atoms with Gasteiger partial charge >= 0.3 is 0 Å². The van der Waals surface area contributed by atoms with Crippen molar-refractivity contribution in [2.24, 2.45) is 0 Å². The van der Waals surface area contributed by atoms with Gasteiger partial charge in [0.1, 0.15) is 17.3 Å². The Morgan fingerprint density at radius 2 is 1.67 bits per heavy atom. The highest BCUT2D eigenvalue weighted by atomic mass is 16.5. The van der Waals surface area contributed by atoms with E-state index in [9.17, 15) is 4.79 Å². The molecule has 1 amide bonds. The van der Waals surface area contributed by atoms with Crippen LogP contribution in [0.15, 0.2) is 42.6 Å². The maximum absolute atomic E-state index is 12.1. The zero-order valence-electron chi connectivity index (χ0n) is 15.8. The monoisotopic (exact) mass is 369 g/mol. The molecule has 1 aliphatic heterocycles. The summed E-state index contributed by atoms with van der Waals surface area (Å²) in [5, 5.41) is 2.77. The molecule has 6 nitrogen and oxygen atoms in total. The van der Waals surface area contributed by atoms with Gasteiger partial charge in [0.05, 0.1) is 18.5 Å². The molecule has 0 unspecified atom stereocenters. The van der Waals surface area contributed by atoms with Crippen LogP contribution in [0.25, 0.3) is 0 Å². The van der Waals surface area contributed by atoms with Gasteiger partial charge in [-0.05, 0) is 56.2 Å². The first kappa shape index (κ1) is 19.0. The summed E-state index contributed by atoms with van der Waals surface area (Å²) < 4.78 is 10.9. The molecule has 6 heteroatoms. The molecule has 1 aromatic carbocycles. The Labute approximate surface area is 160 Å². The maximum Gasteiger partial charge on any atom is 0.263 e. The van der Waals surface area contributed by atoms with Crippen molar-refractivity contribution in [3.8, 4) is 11.5 Å². The van der Waals surface area contributed by atoms with Crippen LogP contribution >= 0.6 is 0 Å². The number of nitrogens with one attached hydrogen (secondary N) is 1. The number of benzene rings is 1. The van der Waals surface area contributed by atoms with Crippen molar-refractivity contribution in [1.82, 2.24) is 4.98 Å². The van der Waals surface area contributed by atoms with Gasteiger partial charge in [-0.25, -0.2) is 4.98 Å². The topological polar surface area (TPSA) is 63.7 Å². The average Bonchev–Trinajstić information content (AvgIpc) is 2.98. The van der Waals surface area contributed by atoms with Gasteiger partial charge in [-0.15, -0.1) is 0 Å². The van der Waals surface area contributed by atoms with E-state index in [1.54, 1.807) is 12.1 Å². The third-order valence-electron chi connectivity index (χ3n) is 4.49. The highest BCUT2D eigenvalue weighted by Gasteiger charge is 2.11. The number of nitrogens with zero attached hydrogens (tertiary/aromatic N) is 2. The second kappa shape index (κ2) is 9.80. The summed E-state index contributed by atoms with van der Waals surface area (Å²) in [6.07, 6.45) is 6.87. The van der Waals surface area contributed by atoms with Gasteiger partial charge in [0, 0.05) is 13.1 Å². The number of rotatable bonds is 7. The van der Waals surface area contributed by atoms with E-state index >= 15 is 0 Å². The summed E-state index contributed by atoms with van der Waals surface area (Å²) in [4.78, 5) is 18.8. The zero-order chi connectivity index (χ0) is 18.9. The normalized spacial score (nSPS) is 14.3. The largest absolute Gasteiger partial charge is 0.494 e. The van der Waals surface area contributed by atoms with E-state index in [2.05, 4.69) is 15.2 Å². The second-order valence-electron chi connectivity index (χ2n) is 6.54. The van der Waals surface area contributed by atoms with Gasteiger partial charge in [-0.1, -0.05) is 12.8 Å². The quantitative estimate of drug-likeness (QED) is 0.802. The lowest BCUT2D eigenvalue weighted by molar-refractivity contribution is -0.118. The lowest BCUT2D eigenvalue weighted by Crippen LogP contribution is -2.24. The van der Waals surface area contributed by atoms with E-state index in [1.807, 2.05) is 37.4 Å². The molecule has 1 aliphatic rings. The van der Waals surface area contributed by atoms with Gasteiger partial charge in [-0.2, -0.15) is 0 Å². The first-order valence-electron chi connectivity index (χ1n) is 9.61. The molecule has 1 fully saturated rings. The molecule has 2 heterocycles. The first-order chi connectivity index (χ1) is 13.2. The SMILES string of the molecule is CCOc1ccc(OCC(=O)Nc2ccc(N3CCCCCC3)cn2)cc1. The van der Waals surface area contributed by atoms with Crippen LogP contribution in [-0.4, -0.2) is 37.2 Å². The minimum Gasteiger partial charge on any atom is -0.494 e. The molecule has 0 radical (unpaired) electrons. The summed E-state index contributed by atoms with van der Waals surface area (Å²) in [6, 6.07) is 11.1. The second-order valence-corrected chi connectivity index (χ2v) is 6.54. The minimum atomic E-state index is -0.237. The van der Waals surface area contributed by atoms with E-state index in [0.29, 0.717) is 18.2 Å². The zero-order valence-corrected chi connectivity index (χ0v) is 15.8. The fraction of sp³-hybridized carbons (Fsp3) is 0.429. The van der Waals surface area contributed by atoms with Gasteiger partial charge in [0.15, 0.2) is 6.61 Å². The molecule has 0 atom stereocenters. The Morgan fingerprint density at radius 1 is 1.00 bits per heavy atom. The predicted molar refractivity (Wildman–Crippen MR) is 107 cm³/mol. The number of amides is 1. The van der Waals surface area contributed by atoms with Crippen LogP contribution in [-0.2, 0) is 4.79 Å². The molecule has 2 aromatic rings. The molecule has 0 saturated carbocycles. The number of pyridine rings is 1. The van der Waals surface area contributed by atoms with Crippen LogP contribution in [0.4, 0.5) is 11.5 Å². The number of anilines is 2. The van der Waals surface area contributed by atoms with Crippen molar-refractivity contribution in [3.63, 3.8) is 0 Å². The van der Waals surface area contributed by atoms with E-state index < -0.39 is 0 Å². The summed E-state index contributed by atoms with van der Waals surface area (Å²) in [6.45, 7) is 4.63. The third kappa shape index (κ3) is 5.88. The highest BCUT2D eigenvalue weighted by Crippen LogP contribution is 2.20. The molecule has 0 spiro atoms. The molecule has 27 heavy (non-hydrogen) atoms. The Bertz CT molecular complexity index is 708. The van der Waals surface area contributed by atoms with E-state index in [0.717, 1.165) is 24.5 Å². The highest BCUT2D eigenvalue weighted by molar-refractivity contribution is 5.91. The average molecular weight is 369 g/mol. The molecular weight excluding hydrogens is 342 g/mol. The van der Waals surface area contributed by atoms with Gasteiger partial charge in [-0.3, -0.25) is 4.79 Å². The van der Waals surface area contributed by atoms with Crippen LogP contribution in [0.2, 0.25) is 0 Å². The maximum atomic E-state index is 12.1. The fourth-order valence-electron chi connectivity index (χ4n) is 3.10. The van der Waals surface area contributed by atoms with Crippen LogP contribution < -0.4 is 19.7 Å². The Morgan fingerprint density at radius 3 is 2.26 bits per heavy atom. The predicted octanol–water partition coefficient (Wildman–Crippen LogP) is 3.88. The summed E-state index contributed by atoms with van der Waals surface area (Å²) in [5.74, 6) is 1.70. The summed E-state index contributed by atoms with van der Waals surface area (Å²) in [7, 11) is 0. The first-order valence-corrected chi connectivity index (χ1v) is 9.61. The van der Waals surface area contributed by atoms with E-state index in [4.69, 9.17) is 9.47 Å². The van der Waals surface area contributed by atoms with Crippen LogP contribution in [0.5, 0.6) is 11.5 Å². The van der Waals surface area contributed by atoms with Gasteiger partial charge in [0.2, 0.25) is 0 Å². The van der Waals surface area contributed by atoms with Crippen molar-refractivity contribution in [2.75, 3.05) is 36.5 Å². The molecule has 0 aliphatic carbocycles. The van der Waals surface area contributed by atoms with Crippen molar-refractivity contribution in [2.45, 2.75) is 32.6 Å². The van der Waals surface area contributed by atoms with Crippen molar-refractivity contribution < 1.29 is 14.3 Å². The fourth-order valence-corrected chi connectivity index (χ4v) is 3.10. The summed E-state index contributed by atoms with van der Waals surface area (Å²) >= 11 is 0. The Balaban J connectivity index is 1.47. The number of aromatic nitrogens is 1. The number of ether oxygens (including phenoxy) is 2. The Hall–Kier alpha value is -2.76. The smallest absolute Gasteiger partial charge is 0.263 e. The molecular formula is C21H27N3O3. The van der Waals surface area contributed by atoms with Crippen LogP contribution in [0, 0.1) is 0 Å².